The highest BCUT2D eigenvalue weighted by atomic mass is 16.6. The largest absolute Gasteiger partial charge is 0.508 e. The number of hydrogen-bond acceptors (Lipinski definition) is 8. The summed E-state index contributed by atoms with van der Waals surface area (Å²) in [5.74, 6) is -1.04. The van der Waals surface area contributed by atoms with Crippen molar-refractivity contribution in [1.29, 1.82) is 0 Å². The number of aromatic hydroxyl groups is 2. The molecule has 0 aromatic heterocycles. The van der Waals surface area contributed by atoms with E-state index in [-0.39, 0.29) is 24.7 Å². The van der Waals surface area contributed by atoms with Crippen LogP contribution in [0.15, 0.2) is 48.5 Å². The summed E-state index contributed by atoms with van der Waals surface area (Å²) < 4.78 is 10.2. The zero-order chi connectivity index (χ0) is 21.1. The number of aliphatic hydroxyl groups is 2. The molecular weight excluding hydrogens is 368 g/mol. The third kappa shape index (κ3) is 8.52. The molecule has 2 aromatic rings. The molecule has 0 heterocycles. The van der Waals surface area contributed by atoms with E-state index in [9.17, 15) is 9.59 Å². The first-order chi connectivity index (χ1) is 13.2. The molecule has 2 atom stereocenters. The number of esters is 2. The third-order valence-electron chi connectivity index (χ3n) is 3.23. The minimum absolute atomic E-state index is 0.0532. The number of carbonyl (C=O) groups excluding carboxylic acids is 2. The molecule has 0 aliphatic rings. The Bertz CT molecular complexity index is 738. The lowest BCUT2D eigenvalue weighted by molar-refractivity contribution is 0.00447. The van der Waals surface area contributed by atoms with Gasteiger partial charge in [0.1, 0.15) is 24.2 Å². The fourth-order valence-corrected chi connectivity index (χ4v) is 1.76. The van der Waals surface area contributed by atoms with Crippen molar-refractivity contribution in [2.45, 2.75) is 26.1 Å². The lowest BCUT2D eigenvalue weighted by Crippen LogP contribution is -2.22. The highest BCUT2D eigenvalue weighted by Crippen LogP contribution is 2.13. The van der Waals surface area contributed by atoms with Gasteiger partial charge in [-0.3, -0.25) is 0 Å². The maximum atomic E-state index is 11.8. The van der Waals surface area contributed by atoms with E-state index < -0.39 is 24.1 Å². The van der Waals surface area contributed by atoms with Crippen molar-refractivity contribution in [3.05, 3.63) is 59.7 Å². The lowest BCUT2D eigenvalue weighted by Gasteiger charge is -2.13. The highest BCUT2D eigenvalue weighted by molar-refractivity contribution is 5.90. The second kappa shape index (κ2) is 11.6. The van der Waals surface area contributed by atoms with Gasteiger partial charge in [-0.25, -0.2) is 9.59 Å². The van der Waals surface area contributed by atoms with E-state index in [1.807, 2.05) is 0 Å². The lowest BCUT2D eigenvalue weighted by atomic mass is 10.2. The first-order valence-corrected chi connectivity index (χ1v) is 8.48. The van der Waals surface area contributed by atoms with Crippen molar-refractivity contribution in [2.24, 2.45) is 0 Å². The first kappa shape index (κ1) is 22.9. The van der Waals surface area contributed by atoms with E-state index in [1.165, 1.54) is 55.5 Å². The zero-order valence-corrected chi connectivity index (χ0v) is 15.6. The van der Waals surface area contributed by atoms with Crippen molar-refractivity contribution < 1.29 is 39.5 Å². The molecule has 2 rings (SSSR count). The molecule has 0 radical (unpaired) electrons. The molecule has 2 aromatic carbocycles. The molecular formula is C20H24O8. The molecule has 4 N–H and O–H groups in total. The fraction of sp³-hybridized carbons (Fsp3) is 0.300. The molecule has 0 saturated heterocycles. The van der Waals surface area contributed by atoms with Gasteiger partial charge in [-0.05, 0) is 62.4 Å². The molecule has 8 nitrogen and oxygen atoms in total. The fourth-order valence-electron chi connectivity index (χ4n) is 1.76. The normalized spacial score (nSPS) is 12.1. The van der Waals surface area contributed by atoms with Crippen molar-refractivity contribution in [3.8, 4) is 11.5 Å². The summed E-state index contributed by atoms with van der Waals surface area (Å²) in [5.41, 5.74) is 0.583. The van der Waals surface area contributed by atoms with Crippen molar-refractivity contribution >= 4 is 11.9 Å². The van der Waals surface area contributed by atoms with Gasteiger partial charge in [0, 0.05) is 0 Å². The van der Waals surface area contributed by atoms with E-state index in [4.69, 9.17) is 29.9 Å². The van der Waals surface area contributed by atoms with Crippen LogP contribution < -0.4 is 0 Å². The van der Waals surface area contributed by atoms with Gasteiger partial charge in [0.05, 0.1) is 23.8 Å². The Morgan fingerprint density at radius 2 is 1.25 bits per heavy atom. The second-order valence-electron chi connectivity index (χ2n) is 5.94. The Morgan fingerprint density at radius 3 is 1.64 bits per heavy atom. The van der Waals surface area contributed by atoms with Crippen LogP contribution in [-0.2, 0) is 9.47 Å². The molecule has 0 bridgehead atoms. The average Bonchev–Trinajstić information content (AvgIpc) is 2.67. The molecule has 0 spiro atoms. The van der Waals surface area contributed by atoms with Crippen LogP contribution in [0.3, 0.4) is 0 Å². The van der Waals surface area contributed by atoms with Gasteiger partial charge in [-0.2, -0.15) is 0 Å². The quantitative estimate of drug-likeness (QED) is 0.548. The molecule has 0 amide bonds. The SMILES string of the molecule is CC(COC(=O)c1ccc(O)cc1)OC(=O)c1ccc(O)cc1.CC(O)CO. The molecule has 2 unspecified atom stereocenters. The van der Waals surface area contributed by atoms with Gasteiger partial charge in [-0.15, -0.1) is 0 Å². The maximum Gasteiger partial charge on any atom is 0.338 e. The van der Waals surface area contributed by atoms with Gasteiger partial charge in [0.2, 0.25) is 0 Å². The summed E-state index contributed by atoms with van der Waals surface area (Å²) in [4.78, 5) is 23.6. The van der Waals surface area contributed by atoms with Crippen LogP contribution in [0.25, 0.3) is 0 Å². The van der Waals surface area contributed by atoms with Crippen LogP contribution in [0.1, 0.15) is 34.6 Å². The average molecular weight is 392 g/mol. The third-order valence-corrected chi connectivity index (χ3v) is 3.23. The summed E-state index contributed by atoms with van der Waals surface area (Å²) in [6, 6.07) is 11.3. The first-order valence-electron chi connectivity index (χ1n) is 8.48. The number of ether oxygens (including phenoxy) is 2. The topological polar surface area (TPSA) is 134 Å². The standard InChI is InChI=1S/C17H16O6.C3H8O2/c1-11(23-17(21)13-4-8-15(19)9-5-13)10-22-16(20)12-2-6-14(18)7-3-12;1-3(5)2-4/h2-9,11,18-19H,10H2,1H3;3-5H,2H2,1H3. The van der Waals surface area contributed by atoms with Crippen molar-refractivity contribution in [1.82, 2.24) is 0 Å². The number of benzene rings is 2. The summed E-state index contributed by atoms with van der Waals surface area (Å²) in [5, 5.41) is 34.3. The van der Waals surface area contributed by atoms with E-state index in [1.54, 1.807) is 6.92 Å². The monoisotopic (exact) mass is 392 g/mol. The van der Waals surface area contributed by atoms with Crippen LogP contribution in [0, 0.1) is 0 Å². The van der Waals surface area contributed by atoms with Crippen LogP contribution in [0.4, 0.5) is 0 Å². The second-order valence-corrected chi connectivity index (χ2v) is 5.94. The number of aliphatic hydroxyl groups excluding tert-OH is 2. The van der Waals surface area contributed by atoms with E-state index >= 15 is 0 Å². The number of phenols is 2. The summed E-state index contributed by atoms with van der Waals surface area (Å²) in [6.07, 6.45) is -1.19. The van der Waals surface area contributed by atoms with Crippen molar-refractivity contribution in [2.75, 3.05) is 13.2 Å². The van der Waals surface area contributed by atoms with Crippen LogP contribution in [0.2, 0.25) is 0 Å². The smallest absolute Gasteiger partial charge is 0.338 e. The van der Waals surface area contributed by atoms with E-state index in [0.717, 1.165) is 0 Å². The van der Waals surface area contributed by atoms with E-state index in [0.29, 0.717) is 11.1 Å². The van der Waals surface area contributed by atoms with Gasteiger partial charge in [-0.1, -0.05) is 0 Å². The van der Waals surface area contributed by atoms with Crippen LogP contribution in [-0.4, -0.2) is 57.8 Å². The Labute approximate surface area is 162 Å². The summed E-state index contributed by atoms with van der Waals surface area (Å²) >= 11 is 0. The molecule has 8 heteroatoms. The number of carbonyl (C=O) groups is 2. The van der Waals surface area contributed by atoms with E-state index in [2.05, 4.69) is 0 Å². The molecule has 28 heavy (non-hydrogen) atoms. The number of rotatable bonds is 6. The zero-order valence-electron chi connectivity index (χ0n) is 15.6. The van der Waals surface area contributed by atoms with Gasteiger partial charge in [0.15, 0.2) is 0 Å². The number of hydrogen-bond donors (Lipinski definition) is 4. The predicted octanol–water partition coefficient (Wildman–Crippen LogP) is 1.86. The number of phenolic OH excluding ortho intramolecular Hbond substituents is 2. The van der Waals surface area contributed by atoms with Gasteiger partial charge in [0.25, 0.3) is 0 Å². The Morgan fingerprint density at radius 1 is 0.857 bits per heavy atom. The molecule has 0 saturated carbocycles. The van der Waals surface area contributed by atoms with Gasteiger partial charge >= 0.3 is 11.9 Å². The minimum atomic E-state index is -0.627. The van der Waals surface area contributed by atoms with Crippen LogP contribution in [0.5, 0.6) is 11.5 Å². The summed E-state index contributed by atoms with van der Waals surface area (Å²) in [7, 11) is 0. The predicted molar refractivity (Wildman–Crippen MR) is 100 cm³/mol. The Balaban J connectivity index is 0.000000696. The molecule has 0 fully saturated rings. The Kier molecular flexibility index (Phi) is 9.49. The summed E-state index contributed by atoms with van der Waals surface area (Å²) in [6.45, 7) is 2.89. The maximum absolute atomic E-state index is 11.8. The van der Waals surface area contributed by atoms with Crippen molar-refractivity contribution in [3.63, 3.8) is 0 Å². The minimum Gasteiger partial charge on any atom is -0.508 e. The van der Waals surface area contributed by atoms with Gasteiger partial charge < -0.3 is 29.9 Å². The highest BCUT2D eigenvalue weighted by Gasteiger charge is 2.15. The molecule has 152 valence electrons. The molecule has 0 aliphatic carbocycles. The van der Waals surface area contributed by atoms with Crippen LogP contribution >= 0.6 is 0 Å². The molecule has 0 aliphatic heterocycles. The Hall–Kier alpha value is -3.10.